The number of rotatable bonds is 4. The van der Waals surface area contributed by atoms with E-state index in [4.69, 9.17) is 8.94 Å². The minimum atomic E-state index is -0.374. The molecule has 4 rings (SSSR count). The summed E-state index contributed by atoms with van der Waals surface area (Å²) in [7, 11) is 0. The number of carbonyl (C=O) groups is 1. The Hall–Kier alpha value is -3.20. The lowest BCUT2D eigenvalue weighted by Crippen LogP contribution is -2.15. The van der Waals surface area contributed by atoms with Crippen LogP contribution in [-0.2, 0) is 0 Å². The predicted molar refractivity (Wildman–Crippen MR) is 90.9 cm³/mol. The second kappa shape index (κ2) is 6.02. The van der Waals surface area contributed by atoms with Crippen molar-refractivity contribution in [3.63, 3.8) is 0 Å². The number of hydrogen-bond donors (Lipinski definition) is 1. The van der Waals surface area contributed by atoms with Crippen LogP contribution in [0.4, 0.5) is 5.82 Å². The zero-order chi connectivity index (χ0) is 17.4. The van der Waals surface area contributed by atoms with Gasteiger partial charge in [-0.1, -0.05) is 5.16 Å². The van der Waals surface area contributed by atoms with E-state index in [9.17, 15) is 4.79 Å². The summed E-state index contributed by atoms with van der Waals surface area (Å²) in [4.78, 5) is 16.8. The van der Waals surface area contributed by atoms with Crippen LogP contribution in [0, 0.1) is 13.8 Å². The normalized spacial score (nSPS) is 11.0. The maximum atomic E-state index is 12.3. The SMILES string of the molecule is Cc1cc(NC(=O)c2cc(C)on2)n(-c2nc(-c3ccco3)cs2)n1. The van der Waals surface area contributed by atoms with Gasteiger partial charge in [-0.2, -0.15) is 9.78 Å². The van der Waals surface area contributed by atoms with Crippen molar-refractivity contribution < 1.29 is 13.7 Å². The van der Waals surface area contributed by atoms with Gasteiger partial charge in [0.2, 0.25) is 5.13 Å². The predicted octanol–water partition coefficient (Wildman–Crippen LogP) is 3.45. The van der Waals surface area contributed by atoms with Gasteiger partial charge in [0, 0.05) is 17.5 Å². The number of amides is 1. The molecule has 4 aromatic heterocycles. The number of furan rings is 1. The van der Waals surface area contributed by atoms with Gasteiger partial charge < -0.3 is 14.3 Å². The zero-order valence-corrected chi connectivity index (χ0v) is 14.2. The molecule has 1 amide bonds. The van der Waals surface area contributed by atoms with Crippen molar-refractivity contribution in [1.82, 2.24) is 19.9 Å². The summed E-state index contributed by atoms with van der Waals surface area (Å²) >= 11 is 1.40. The van der Waals surface area contributed by atoms with Gasteiger partial charge in [-0.15, -0.1) is 11.3 Å². The number of anilines is 1. The van der Waals surface area contributed by atoms with E-state index >= 15 is 0 Å². The van der Waals surface area contributed by atoms with Crippen molar-refractivity contribution in [2.24, 2.45) is 0 Å². The van der Waals surface area contributed by atoms with Crippen LogP contribution in [-0.4, -0.2) is 25.8 Å². The highest BCUT2D eigenvalue weighted by Gasteiger charge is 2.17. The first kappa shape index (κ1) is 15.3. The average molecular weight is 355 g/mol. The van der Waals surface area contributed by atoms with Crippen molar-refractivity contribution in [2.75, 3.05) is 5.32 Å². The van der Waals surface area contributed by atoms with Gasteiger partial charge in [0.15, 0.2) is 11.5 Å². The zero-order valence-electron chi connectivity index (χ0n) is 13.4. The van der Waals surface area contributed by atoms with Crippen LogP contribution in [0.5, 0.6) is 0 Å². The Morgan fingerprint density at radius 3 is 2.92 bits per heavy atom. The van der Waals surface area contributed by atoms with Crippen LogP contribution < -0.4 is 5.32 Å². The molecule has 0 fully saturated rings. The summed E-state index contributed by atoms with van der Waals surface area (Å²) in [6, 6.07) is 6.97. The van der Waals surface area contributed by atoms with E-state index in [-0.39, 0.29) is 11.6 Å². The van der Waals surface area contributed by atoms with Gasteiger partial charge in [-0.05, 0) is 26.0 Å². The van der Waals surface area contributed by atoms with Crippen LogP contribution >= 0.6 is 11.3 Å². The summed E-state index contributed by atoms with van der Waals surface area (Å²) in [5.41, 5.74) is 1.67. The summed E-state index contributed by atoms with van der Waals surface area (Å²) in [5, 5.41) is 13.4. The Morgan fingerprint density at radius 2 is 2.20 bits per heavy atom. The second-order valence-corrected chi connectivity index (χ2v) is 6.19. The molecule has 4 aromatic rings. The van der Waals surface area contributed by atoms with Gasteiger partial charge in [0.25, 0.3) is 5.91 Å². The molecule has 0 atom stereocenters. The van der Waals surface area contributed by atoms with Gasteiger partial charge >= 0.3 is 0 Å². The standard InChI is InChI=1S/C16H13N5O3S/c1-9-6-14(18-15(22)11-7-10(2)24-20-11)21(19-9)16-17-12(8-25-16)13-4-3-5-23-13/h3-8H,1-2H3,(H,18,22). The van der Waals surface area contributed by atoms with Crippen molar-refractivity contribution in [2.45, 2.75) is 13.8 Å². The Balaban J connectivity index is 1.64. The van der Waals surface area contributed by atoms with Crippen LogP contribution in [0.1, 0.15) is 21.9 Å². The summed E-state index contributed by atoms with van der Waals surface area (Å²) in [5.74, 6) is 1.37. The number of aryl methyl sites for hydroxylation is 2. The molecule has 0 saturated carbocycles. The van der Waals surface area contributed by atoms with E-state index in [1.54, 1.807) is 36.1 Å². The lowest BCUT2D eigenvalue weighted by molar-refractivity contribution is 0.101. The smallest absolute Gasteiger partial charge is 0.279 e. The maximum absolute atomic E-state index is 12.3. The van der Waals surface area contributed by atoms with Gasteiger partial charge in [0.05, 0.1) is 12.0 Å². The number of hydrogen-bond acceptors (Lipinski definition) is 7. The van der Waals surface area contributed by atoms with E-state index in [1.165, 1.54) is 11.3 Å². The molecule has 0 radical (unpaired) electrons. The lowest BCUT2D eigenvalue weighted by Gasteiger charge is -2.04. The highest BCUT2D eigenvalue weighted by atomic mass is 32.1. The summed E-state index contributed by atoms with van der Waals surface area (Å²) in [6.07, 6.45) is 1.60. The minimum Gasteiger partial charge on any atom is -0.463 e. The van der Waals surface area contributed by atoms with E-state index in [1.807, 2.05) is 18.4 Å². The minimum absolute atomic E-state index is 0.207. The number of carbonyl (C=O) groups excluding carboxylic acids is 1. The topological polar surface area (TPSA) is 99.0 Å². The molecule has 0 aliphatic carbocycles. The van der Waals surface area contributed by atoms with Crippen molar-refractivity contribution in [1.29, 1.82) is 0 Å². The molecule has 9 heteroatoms. The third-order valence-electron chi connectivity index (χ3n) is 3.38. The fourth-order valence-corrected chi connectivity index (χ4v) is 3.06. The third kappa shape index (κ3) is 2.96. The van der Waals surface area contributed by atoms with Gasteiger partial charge in [-0.25, -0.2) is 4.98 Å². The molecule has 0 saturated heterocycles. The van der Waals surface area contributed by atoms with E-state index in [0.717, 1.165) is 5.69 Å². The molecule has 0 unspecified atom stereocenters. The number of aromatic nitrogens is 4. The molecule has 0 spiro atoms. The van der Waals surface area contributed by atoms with Crippen molar-refractivity contribution in [3.05, 3.63) is 53.1 Å². The van der Waals surface area contributed by atoms with Gasteiger partial charge in [0.1, 0.15) is 17.3 Å². The first-order valence-electron chi connectivity index (χ1n) is 7.41. The quantitative estimate of drug-likeness (QED) is 0.602. The first-order valence-corrected chi connectivity index (χ1v) is 8.29. The maximum Gasteiger partial charge on any atom is 0.279 e. The van der Waals surface area contributed by atoms with E-state index in [2.05, 4.69) is 20.6 Å². The fourth-order valence-electron chi connectivity index (χ4n) is 2.29. The number of nitrogens with zero attached hydrogens (tertiary/aromatic N) is 4. The molecule has 25 heavy (non-hydrogen) atoms. The van der Waals surface area contributed by atoms with E-state index < -0.39 is 0 Å². The van der Waals surface area contributed by atoms with Crippen LogP contribution in [0.2, 0.25) is 0 Å². The van der Waals surface area contributed by atoms with Gasteiger partial charge in [-0.3, -0.25) is 4.79 Å². The Morgan fingerprint density at radius 1 is 1.32 bits per heavy atom. The molecule has 126 valence electrons. The first-order chi connectivity index (χ1) is 12.1. The van der Waals surface area contributed by atoms with E-state index in [0.29, 0.717) is 28.2 Å². The monoisotopic (exact) mass is 355 g/mol. The van der Waals surface area contributed by atoms with Crippen molar-refractivity contribution >= 4 is 23.1 Å². The Kier molecular flexibility index (Phi) is 3.69. The molecule has 4 heterocycles. The lowest BCUT2D eigenvalue weighted by atomic mass is 10.3. The second-order valence-electron chi connectivity index (χ2n) is 5.35. The van der Waals surface area contributed by atoms with Crippen LogP contribution in [0.3, 0.4) is 0 Å². The number of thiazole rings is 1. The average Bonchev–Trinajstić information content (AvgIpc) is 3.33. The molecule has 0 aliphatic heterocycles. The summed E-state index contributed by atoms with van der Waals surface area (Å²) < 4.78 is 11.9. The highest BCUT2D eigenvalue weighted by Crippen LogP contribution is 2.26. The fraction of sp³-hybridized carbons (Fsp3) is 0.125. The Labute approximate surface area is 146 Å². The molecule has 0 aliphatic rings. The molecule has 0 bridgehead atoms. The Bertz CT molecular complexity index is 1030. The van der Waals surface area contributed by atoms with Crippen molar-refractivity contribution in [3.8, 4) is 16.6 Å². The molecule has 8 nitrogen and oxygen atoms in total. The molecular formula is C16H13N5O3S. The number of nitrogens with one attached hydrogen (secondary N) is 1. The molecule has 0 aromatic carbocycles. The third-order valence-corrected chi connectivity index (χ3v) is 4.20. The molecular weight excluding hydrogens is 342 g/mol. The highest BCUT2D eigenvalue weighted by molar-refractivity contribution is 7.12. The van der Waals surface area contributed by atoms with Crippen LogP contribution in [0.25, 0.3) is 16.6 Å². The molecule has 1 N–H and O–H groups in total. The van der Waals surface area contributed by atoms with Crippen LogP contribution in [0.15, 0.2) is 44.8 Å². The summed E-state index contributed by atoms with van der Waals surface area (Å²) in [6.45, 7) is 3.57. The largest absolute Gasteiger partial charge is 0.463 e.